The maximum absolute atomic E-state index is 13.3. The normalized spacial score (nSPS) is 34.1. The SMILES string of the molecule is CC12CC3CC(C)(C1)CC(CC(=O)Nc1ncnc4c1CCN(Cc1ccc(F)cc1)C4)(C3)C2. The molecule has 180 valence electrons. The number of anilines is 1. The van der Waals surface area contributed by atoms with Gasteiger partial charge < -0.3 is 5.32 Å². The van der Waals surface area contributed by atoms with E-state index in [2.05, 4.69) is 34.0 Å². The van der Waals surface area contributed by atoms with Crippen LogP contribution in [0.5, 0.6) is 0 Å². The van der Waals surface area contributed by atoms with Gasteiger partial charge in [0.2, 0.25) is 5.91 Å². The van der Waals surface area contributed by atoms with Crippen molar-refractivity contribution >= 4 is 11.7 Å². The highest BCUT2D eigenvalue weighted by Crippen LogP contribution is 2.70. The second kappa shape index (κ2) is 7.84. The summed E-state index contributed by atoms with van der Waals surface area (Å²) in [5, 5.41) is 3.19. The van der Waals surface area contributed by atoms with E-state index >= 15 is 0 Å². The summed E-state index contributed by atoms with van der Waals surface area (Å²) in [4.78, 5) is 24.6. The Morgan fingerprint density at radius 1 is 1.09 bits per heavy atom. The molecule has 1 aliphatic heterocycles. The second-order valence-corrected chi connectivity index (χ2v) is 12.6. The molecule has 2 unspecified atom stereocenters. The number of nitrogens with one attached hydrogen (secondary N) is 1. The van der Waals surface area contributed by atoms with Crippen molar-refractivity contribution in [3.05, 3.63) is 53.2 Å². The number of rotatable bonds is 5. The van der Waals surface area contributed by atoms with E-state index in [4.69, 9.17) is 0 Å². The standard InChI is InChI=1S/C28H35FN4O/c1-26-9-20-10-27(2,15-26)17-28(11-20,16-26)12-24(34)32-25-22-7-8-33(14-23(22)30-18-31-25)13-19-3-5-21(29)6-4-19/h3-6,18,20H,7-17H2,1-2H3,(H,30,31,32,34). The van der Waals surface area contributed by atoms with Crippen molar-refractivity contribution in [1.29, 1.82) is 0 Å². The Kier molecular flexibility index (Phi) is 5.11. The Labute approximate surface area is 201 Å². The summed E-state index contributed by atoms with van der Waals surface area (Å²) in [6.45, 7) is 7.25. The van der Waals surface area contributed by atoms with Crippen LogP contribution in [0.2, 0.25) is 0 Å². The van der Waals surface area contributed by atoms with E-state index in [0.717, 1.165) is 42.2 Å². The highest BCUT2D eigenvalue weighted by molar-refractivity contribution is 5.91. The lowest BCUT2D eigenvalue weighted by Crippen LogP contribution is -2.55. The van der Waals surface area contributed by atoms with Crippen LogP contribution in [0.4, 0.5) is 10.2 Å². The lowest BCUT2D eigenvalue weighted by Gasteiger charge is -2.65. The maximum atomic E-state index is 13.3. The molecular weight excluding hydrogens is 427 g/mol. The third-order valence-electron chi connectivity index (χ3n) is 8.94. The van der Waals surface area contributed by atoms with Gasteiger partial charge in [-0.3, -0.25) is 9.69 Å². The Hall–Kier alpha value is -2.34. The van der Waals surface area contributed by atoms with E-state index in [9.17, 15) is 9.18 Å². The smallest absolute Gasteiger partial charge is 0.226 e. The van der Waals surface area contributed by atoms with Crippen LogP contribution in [0.15, 0.2) is 30.6 Å². The third-order valence-corrected chi connectivity index (χ3v) is 8.94. The van der Waals surface area contributed by atoms with Crippen molar-refractivity contribution < 1.29 is 9.18 Å². The number of carbonyl (C=O) groups excluding carboxylic acids is 1. The largest absolute Gasteiger partial charge is 0.310 e. The second-order valence-electron chi connectivity index (χ2n) is 12.6. The molecule has 4 aliphatic carbocycles. The number of aromatic nitrogens is 2. The molecule has 5 nitrogen and oxygen atoms in total. The summed E-state index contributed by atoms with van der Waals surface area (Å²) in [6.07, 6.45) is 10.6. The Balaban J connectivity index is 1.14. The van der Waals surface area contributed by atoms with Crippen LogP contribution in [0.25, 0.3) is 0 Å². The molecule has 2 heterocycles. The molecule has 5 aliphatic rings. The molecule has 0 saturated heterocycles. The summed E-state index contributed by atoms with van der Waals surface area (Å²) in [5.41, 5.74) is 4.12. The molecular formula is C28H35FN4O. The number of nitrogens with zero attached hydrogens (tertiary/aromatic N) is 3. The van der Waals surface area contributed by atoms with Crippen LogP contribution in [0.1, 0.15) is 75.6 Å². The molecule has 0 spiro atoms. The fraction of sp³-hybridized carbons (Fsp3) is 0.607. The van der Waals surface area contributed by atoms with Gasteiger partial charge in [-0.1, -0.05) is 26.0 Å². The van der Waals surface area contributed by atoms with E-state index in [-0.39, 0.29) is 17.1 Å². The molecule has 2 aromatic rings. The summed E-state index contributed by atoms with van der Waals surface area (Å²) in [6, 6.07) is 6.69. The molecule has 7 rings (SSSR count). The van der Waals surface area contributed by atoms with Crippen molar-refractivity contribution in [3.8, 4) is 0 Å². The van der Waals surface area contributed by atoms with E-state index in [1.807, 2.05) is 12.1 Å². The molecule has 4 saturated carbocycles. The van der Waals surface area contributed by atoms with Gasteiger partial charge >= 0.3 is 0 Å². The van der Waals surface area contributed by atoms with Crippen molar-refractivity contribution in [2.45, 2.75) is 78.3 Å². The number of amides is 1. The average Bonchev–Trinajstić information content (AvgIpc) is 2.72. The molecule has 6 heteroatoms. The minimum atomic E-state index is -0.211. The minimum Gasteiger partial charge on any atom is -0.310 e. The predicted molar refractivity (Wildman–Crippen MR) is 129 cm³/mol. The van der Waals surface area contributed by atoms with Crippen molar-refractivity contribution in [2.24, 2.45) is 22.2 Å². The van der Waals surface area contributed by atoms with E-state index in [0.29, 0.717) is 29.6 Å². The highest BCUT2D eigenvalue weighted by atomic mass is 19.1. The Morgan fingerprint density at radius 2 is 1.82 bits per heavy atom. The first kappa shape index (κ1) is 22.1. The van der Waals surface area contributed by atoms with Crippen LogP contribution in [0, 0.1) is 28.0 Å². The van der Waals surface area contributed by atoms with Crippen LogP contribution in [-0.4, -0.2) is 27.3 Å². The van der Waals surface area contributed by atoms with Crippen LogP contribution in [0.3, 0.4) is 0 Å². The van der Waals surface area contributed by atoms with Crippen molar-refractivity contribution in [1.82, 2.24) is 14.9 Å². The van der Waals surface area contributed by atoms with Gasteiger partial charge in [0, 0.05) is 31.6 Å². The third kappa shape index (κ3) is 4.15. The van der Waals surface area contributed by atoms with Crippen LogP contribution in [-0.2, 0) is 24.3 Å². The summed E-state index contributed by atoms with van der Waals surface area (Å²) < 4.78 is 13.2. The molecule has 1 aromatic heterocycles. The lowest BCUT2D eigenvalue weighted by molar-refractivity contribution is -0.153. The van der Waals surface area contributed by atoms with Crippen LogP contribution >= 0.6 is 0 Å². The number of fused-ring (bicyclic) bond motifs is 1. The van der Waals surface area contributed by atoms with Gasteiger partial charge in [0.05, 0.1) is 5.69 Å². The zero-order chi connectivity index (χ0) is 23.6. The number of halogens is 1. The topological polar surface area (TPSA) is 58.1 Å². The minimum absolute atomic E-state index is 0.115. The van der Waals surface area contributed by atoms with E-state index in [1.165, 1.54) is 50.7 Å². The number of carbonyl (C=O) groups is 1. The average molecular weight is 463 g/mol. The van der Waals surface area contributed by atoms with Gasteiger partial charge in [-0.05, 0) is 84.8 Å². The van der Waals surface area contributed by atoms with Gasteiger partial charge in [0.15, 0.2) is 0 Å². The Morgan fingerprint density at radius 3 is 2.53 bits per heavy atom. The first-order valence-electron chi connectivity index (χ1n) is 12.8. The molecule has 4 bridgehead atoms. The quantitative estimate of drug-likeness (QED) is 0.638. The van der Waals surface area contributed by atoms with E-state index < -0.39 is 0 Å². The zero-order valence-corrected chi connectivity index (χ0v) is 20.4. The van der Waals surface area contributed by atoms with E-state index in [1.54, 1.807) is 6.33 Å². The molecule has 34 heavy (non-hydrogen) atoms. The molecule has 1 amide bonds. The molecule has 0 radical (unpaired) electrons. The monoisotopic (exact) mass is 462 g/mol. The maximum Gasteiger partial charge on any atom is 0.226 e. The zero-order valence-electron chi connectivity index (χ0n) is 20.4. The van der Waals surface area contributed by atoms with Gasteiger partial charge in [-0.2, -0.15) is 0 Å². The lowest BCUT2D eigenvalue weighted by atomic mass is 9.40. The summed E-state index contributed by atoms with van der Waals surface area (Å²) >= 11 is 0. The predicted octanol–water partition coefficient (Wildman–Crippen LogP) is 5.50. The highest BCUT2D eigenvalue weighted by Gasteiger charge is 2.60. The van der Waals surface area contributed by atoms with Crippen molar-refractivity contribution in [2.75, 3.05) is 11.9 Å². The number of hydrogen-bond donors (Lipinski definition) is 1. The van der Waals surface area contributed by atoms with Gasteiger partial charge in [-0.25, -0.2) is 14.4 Å². The summed E-state index contributed by atoms with van der Waals surface area (Å²) in [5.74, 6) is 1.39. The molecule has 1 N–H and O–H groups in total. The van der Waals surface area contributed by atoms with Gasteiger partial charge in [0.1, 0.15) is 18.0 Å². The number of hydrogen-bond acceptors (Lipinski definition) is 4. The van der Waals surface area contributed by atoms with Gasteiger partial charge in [0.25, 0.3) is 0 Å². The van der Waals surface area contributed by atoms with Gasteiger partial charge in [-0.15, -0.1) is 0 Å². The number of benzene rings is 1. The first-order chi connectivity index (χ1) is 16.2. The van der Waals surface area contributed by atoms with Crippen molar-refractivity contribution in [3.63, 3.8) is 0 Å². The fourth-order valence-corrected chi connectivity index (χ4v) is 8.90. The molecule has 1 aromatic carbocycles. The first-order valence-corrected chi connectivity index (χ1v) is 12.8. The Bertz CT molecular complexity index is 1100. The molecule has 4 fully saturated rings. The summed E-state index contributed by atoms with van der Waals surface area (Å²) in [7, 11) is 0. The fourth-order valence-electron chi connectivity index (χ4n) is 8.90. The van der Waals surface area contributed by atoms with Crippen LogP contribution < -0.4 is 5.32 Å². The molecule has 2 atom stereocenters.